The first kappa shape index (κ1) is 16.3. The second-order valence-corrected chi connectivity index (χ2v) is 4.55. The van der Waals surface area contributed by atoms with Crippen LogP contribution in [0.25, 0.3) is 0 Å². The van der Waals surface area contributed by atoms with Crippen molar-refractivity contribution >= 4 is 5.69 Å². The number of nitrogens with zero attached hydrogens (tertiary/aromatic N) is 2. The summed E-state index contributed by atoms with van der Waals surface area (Å²) in [6.07, 6.45) is -2.11. The number of hydrogen-bond acceptors (Lipinski definition) is 3. The first-order valence-corrected chi connectivity index (χ1v) is 6.33. The van der Waals surface area contributed by atoms with E-state index in [-0.39, 0.29) is 12.2 Å². The molecular formula is C14H17F3N2O. The number of unbranched alkanes of at least 4 members (excludes halogenated alkanes) is 2. The molecule has 0 amide bonds. The summed E-state index contributed by atoms with van der Waals surface area (Å²) in [7, 11) is 1.77. The normalized spacial score (nSPS) is 11.2. The molecule has 0 spiro atoms. The van der Waals surface area contributed by atoms with E-state index in [0.717, 1.165) is 18.9 Å². The predicted molar refractivity (Wildman–Crippen MR) is 70.4 cm³/mol. The molecule has 0 atom stereocenters. The summed E-state index contributed by atoms with van der Waals surface area (Å²) < 4.78 is 38.0. The van der Waals surface area contributed by atoms with Crippen LogP contribution in [0.3, 0.4) is 0 Å². The molecule has 1 aromatic carbocycles. The number of halogens is 3. The molecule has 0 unspecified atom stereocenters. The van der Waals surface area contributed by atoms with Gasteiger partial charge in [0.05, 0.1) is 17.2 Å². The Morgan fingerprint density at radius 2 is 1.95 bits per heavy atom. The van der Waals surface area contributed by atoms with Crippen LogP contribution in [0.15, 0.2) is 18.2 Å². The van der Waals surface area contributed by atoms with E-state index >= 15 is 0 Å². The van der Waals surface area contributed by atoms with E-state index < -0.39 is 11.7 Å². The molecule has 0 aliphatic heterocycles. The van der Waals surface area contributed by atoms with E-state index in [9.17, 15) is 13.2 Å². The van der Waals surface area contributed by atoms with Gasteiger partial charge in [0, 0.05) is 25.9 Å². The van der Waals surface area contributed by atoms with Crippen molar-refractivity contribution in [2.75, 3.05) is 25.1 Å². The predicted octanol–water partition coefficient (Wildman–Crippen LogP) is 3.18. The van der Waals surface area contributed by atoms with Crippen molar-refractivity contribution in [2.45, 2.75) is 25.4 Å². The largest absolute Gasteiger partial charge is 0.417 e. The van der Waals surface area contributed by atoms with Crippen LogP contribution in [0.2, 0.25) is 0 Å². The maximum absolute atomic E-state index is 12.7. The molecule has 110 valence electrons. The van der Waals surface area contributed by atoms with Crippen LogP contribution < -0.4 is 4.90 Å². The summed E-state index contributed by atoms with van der Waals surface area (Å²) in [5, 5.41) is 17.5. The first-order valence-electron chi connectivity index (χ1n) is 6.33. The fourth-order valence-electron chi connectivity index (χ4n) is 1.88. The van der Waals surface area contributed by atoms with E-state index in [2.05, 4.69) is 0 Å². The van der Waals surface area contributed by atoms with Gasteiger partial charge in [0.25, 0.3) is 0 Å². The molecule has 20 heavy (non-hydrogen) atoms. The quantitative estimate of drug-likeness (QED) is 0.817. The smallest absolute Gasteiger partial charge is 0.396 e. The third-order valence-corrected chi connectivity index (χ3v) is 3.02. The Labute approximate surface area is 116 Å². The van der Waals surface area contributed by atoms with E-state index in [0.29, 0.717) is 18.7 Å². The lowest BCUT2D eigenvalue weighted by Gasteiger charge is -2.20. The molecule has 0 bridgehead atoms. The van der Waals surface area contributed by atoms with Crippen molar-refractivity contribution < 1.29 is 18.3 Å². The lowest BCUT2D eigenvalue weighted by atomic mass is 10.1. The Balaban J connectivity index is 2.80. The SMILES string of the molecule is CN(CCCCCO)c1ccc(C(F)(F)F)c(C#N)c1. The van der Waals surface area contributed by atoms with Crippen LogP contribution in [0.5, 0.6) is 0 Å². The van der Waals surface area contributed by atoms with Gasteiger partial charge in [0.15, 0.2) is 0 Å². The molecule has 1 N–H and O–H groups in total. The topological polar surface area (TPSA) is 47.3 Å². The highest BCUT2D eigenvalue weighted by Gasteiger charge is 2.33. The Hall–Kier alpha value is -1.74. The molecule has 0 fully saturated rings. The molecule has 0 aliphatic carbocycles. The Morgan fingerprint density at radius 3 is 2.50 bits per heavy atom. The highest BCUT2D eigenvalue weighted by atomic mass is 19.4. The molecule has 3 nitrogen and oxygen atoms in total. The minimum atomic E-state index is -4.51. The van der Waals surface area contributed by atoms with Gasteiger partial charge in [-0.3, -0.25) is 0 Å². The Kier molecular flexibility index (Phi) is 5.83. The van der Waals surface area contributed by atoms with Crippen molar-refractivity contribution in [3.8, 4) is 6.07 Å². The molecule has 0 saturated heterocycles. The van der Waals surface area contributed by atoms with Crippen molar-refractivity contribution in [2.24, 2.45) is 0 Å². The molecule has 1 rings (SSSR count). The third-order valence-electron chi connectivity index (χ3n) is 3.02. The molecular weight excluding hydrogens is 269 g/mol. The van der Waals surface area contributed by atoms with Crippen molar-refractivity contribution in [3.05, 3.63) is 29.3 Å². The summed E-state index contributed by atoms with van der Waals surface area (Å²) in [4.78, 5) is 1.80. The number of benzene rings is 1. The Morgan fingerprint density at radius 1 is 1.25 bits per heavy atom. The zero-order valence-corrected chi connectivity index (χ0v) is 11.2. The maximum Gasteiger partial charge on any atom is 0.417 e. The highest BCUT2D eigenvalue weighted by molar-refractivity contribution is 5.54. The van der Waals surface area contributed by atoms with Gasteiger partial charge in [0.1, 0.15) is 0 Å². The molecule has 0 saturated carbocycles. The average molecular weight is 286 g/mol. The summed E-state index contributed by atoms with van der Waals surface area (Å²) in [5.74, 6) is 0. The van der Waals surface area contributed by atoms with E-state index in [1.807, 2.05) is 0 Å². The van der Waals surface area contributed by atoms with Crippen LogP contribution in [0, 0.1) is 11.3 Å². The number of hydrogen-bond donors (Lipinski definition) is 1. The van der Waals surface area contributed by atoms with Crippen LogP contribution in [-0.4, -0.2) is 25.3 Å². The summed E-state index contributed by atoms with van der Waals surface area (Å²) in [6, 6.07) is 5.17. The number of nitriles is 1. The minimum absolute atomic E-state index is 0.141. The number of aliphatic hydroxyl groups excluding tert-OH is 1. The fraction of sp³-hybridized carbons (Fsp3) is 0.500. The fourth-order valence-corrected chi connectivity index (χ4v) is 1.88. The molecule has 0 heterocycles. The number of aliphatic hydroxyl groups is 1. The molecule has 0 aliphatic rings. The highest BCUT2D eigenvalue weighted by Crippen LogP contribution is 2.33. The van der Waals surface area contributed by atoms with E-state index in [4.69, 9.17) is 10.4 Å². The lowest BCUT2D eigenvalue weighted by molar-refractivity contribution is -0.137. The number of rotatable bonds is 6. The van der Waals surface area contributed by atoms with Gasteiger partial charge in [0.2, 0.25) is 0 Å². The van der Waals surface area contributed by atoms with Crippen LogP contribution in [0.4, 0.5) is 18.9 Å². The van der Waals surface area contributed by atoms with E-state index in [1.165, 1.54) is 12.1 Å². The number of alkyl halides is 3. The summed E-state index contributed by atoms with van der Waals surface area (Å²) >= 11 is 0. The van der Waals surface area contributed by atoms with Crippen molar-refractivity contribution in [3.63, 3.8) is 0 Å². The molecule has 0 radical (unpaired) electrons. The summed E-state index contributed by atoms with van der Waals surface area (Å²) in [6.45, 7) is 0.804. The van der Waals surface area contributed by atoms with Gasteiger partial charge < -0.3 is 10.0 Å². The second kappa shape index (κ2) is 7.15. The van der Waals surface area contributed by atoms with Gasteiger partial charge in [-0.1, -0.05) is 0 Å². The summed E-state index contributed by atoms with van der Waals surface area (Å²) in [5.41, 5.74) is -0.687. The molecule has 1 aromatic rings. The van der Waals surface area contributed by atoms with Gasteiger partial charge in [-0.25, -0.2) is 0 Å². The minimum Gasteiger partial charge on any atom is -0.396 e. The number of anilines is 1. The average Bonchev–Trinajstić information content (AvgIpc) is 2.41. The monoisotopic (exact) mass is 286 g/mol. The lowest BCUT2D eigenvalue weighted by Crippen LogP contribution is -2.19. The molecule has 0 aromatic heterocycles. The van der Waals surface area contributed by atoms with Crippen molar-refractivity contribution in [1.82, 2.24) is 0 Å². The zero-order valence-electron chi connectivity index (χ0n) is 11.2. The third kappa shape index (κ3) is 4.42. The van der Waals surface area contributed by atoms with Gasteiger partial charge >= 0.3 is 6.18 Å². The van der Waals surface area contributed by atoms with Gasteiger partial charge in [-0.2, -0.15) is 18.4 Å². The first-order chi connectivity index (χ1) is 9.40. The zero-order chi connectivity index (χ0) is 15.2. The van der Waals surface area contributed by atoms with Gasteiger partial charge in [-0.05, 0) is 37.5 Å². The molecule has 6 heteroatoms. The van der Waals surface area contributed by atoms with Gasteiger partial charge in [-0.15, -0.1) is 0 Å². The van der Waals surface area contributed by atoms with Crippen LogP contribution >= 0.6 is 0 Å². The standard InChI is InChI=1S/C14H17F3N2O/c1-19(7-3-2-4-8-20)12-5-6-13(14(15,16)17)11(9-12)10-18/h5-6,9,20H,2-4,7-8H2,1H3. The van der Waals surface area contributed by atoms with E-state index in [1.54, 1.807) is 18.0 Å². The van der Waals surface area contributed by atoms with Crippen LogP contribution in [0.1, 0.15) is 30.4 Å². The van der Waals surface area contributed by atoms with Crippen molar-refractivity contribution in [1.29, 1.82) is 5.26 Å². The maximum atomic E-state index is 12.7. The Bertz CT molecular complexity index is 480. The second-order valence-electron chi connectivity index (χ2n) is 4.55. The van der Waals surface area contributed by atoms with Crippen LogP contribution in [-0.2, 0) is 6.18 Å².